The molecule has 1 aromatic rings. The van der Waals surface area contributed by atoms with Crippen molar-refractivity contribution in [1.82, 2.24) is 5.32 Å². The monoisotopic (exact) mass is 361 g/mol. The largest absolute Gasteiger partial charge is 0.444 e. The van der Waals surface area contributed by atoms with Gasteiger partial charge in [0, 0.05) is 5.56 Å². The molecule has 0 bridgehead atoms. The van der Waals surface area contributed by atoms with Crippen LogP contribution in [0.5, 0.6) is 0 Å². The van der Waals surface area contributed by atoms with Gasteiger partial charge in [0.25, 0.3) is 0 Å². The van der Waals surface area contributed by atoms with Crippen LogP contribution in [0.2, 0.25) is 0 Å². The normalized spacial score (nSPS) is 15.0. The van der Waals surface area contributed by atoms with Crippen LogP contribution in [0.25, 0.3) is 0 Å². The SMILES string of the molecule is CC(C)C(O)C(F)(F)c1cccc([C@@H](C)NC(=O)OC(C)(C)C)c1F. The van der Waals surface area contributed by atoms with E-state index in [4.69, 9.17) is 4.74 Å². The third-order valence-electron chi connectivity index (χ3n) is 3.59. The summed E-state index contributed by atoms with van der Waals surface area (Å²) >= 11 is 0. The fourth-order valence-corrected chi connectivity index (χ4v) is 2.28. The van der Waals surface area contributed by atoms with Crippen LogP contribution in [-0.2, 0) is 10.7 Å². The van der Waals surface area contributed by atoms with Gasteiger partial charge in [-0.2, -0.15) is 8.78 Å². The maximum Gasteiger partial charge on any atom is 0.408 e. The van der Waals surface area contributed by atoms with Crippen molar-refractivity contribution in [3.63, 3.8) is 0 Å². The third-order valence-corrected chi connectivity index (χ3v) is 3.59. The fourth-order valence-electron chi connectivity index (χ4n) is 2.28. The lowest BCUT2D eigenvalue weighted by Crippen LogP contribution is -2.37. The zero-order valence-electron chi connectivity index (χ0n) is 15.4. The lowest BCUT2D eigenvalue weighted by molar-refractivity contribution is -0.134. The summed E-state index contributed by atoms with van der Waals surface area (Å²) in [7, 11) is 0. The van der Waals surface area contributed by atoms with Crippen LogP contribution in [0.4, 0.5) is 18.0 Å². The second-order valence-corrected chi connectivity index (χ2v) is 7.39. The van der Waals surface area contributed by atoms with E-state index < -0.39 is 47.1 Å². The first-order valence-electron chi connectivity index (χ1n) is 8.11. The van der Waals surface area contributed by atoms with Gasteiger partial charge in [0.15, 0.2) is 0 Å². The Morgan fingerprint density at radius 1 is 1.20 bits per heavy atom. The Morgan fingerprint density at radius 3 is 2.24 bits per heavy atom. The van der Waals surface area contributed by atoms with Gasteiger partial charge in [-0.25, -0.2) is 9.18 Å². The van der Waals surface area contributed by atoms with Crippen LogP contribution in [0.3, 0.4) is 0 Å². The van der Waals surface area contributed by atoms with Crippen molar-refractivity contribution >= 4 is 6.09 Å². The minimum Gasteiger partial charge on any atom is -0.444 e. The van der Waals surface area contributed by atoms with Crippen molar-refractivity contribution in [3.05, 3.63) is 35.1 Å². The van der Waals surface area contributed by atoms with Crippen molar-refractivity contribution in [1.29, 1.82) is 0 Å². The molecule has 0 aromatic heterocycles. The van der Waals surface area contributed by atoms with Crippen molar-refractivity contribution < 1.29 is 27.8 Å². The minimum atomic E-state index is -3.75. The minimum absolute atomic E-state index is 0.112. The molecule has 4 nitrogen and oxygen atoms in total. The quantitative estimate of drug-likeness (QED) is 0.811. The first-order chi connectivity index (χ1) is 11.3. The molecule has 1 unspecified atom stereocenters. The number of amides is 1. The van der Waals surface area contributed by atoms with E-state index in [1.54, 1.807) is 20.8 Å². The zero-order valence-corrected chi connectivity index (χ0v) is 15.4. The van der Waals surface area contributed by atoms with Crippen molar-refractivity contribution in [3.8, 4) is 0 Å². The van der Waals surface area contributed by atoms with Crippen molar-refractivity contribution in [2.75, 3.05) is 0 Å². The maximum absolute atomic E-state index is 14.6. The summed E-state index contributed by atoms with van der Waals surface area (Å²) in [6.07, 6.45) is -2.80. The van der Waals surface area contributed by atoms with Crippen LogP contribution < -0.4 is 5.32 Å². The first kappa shape index (κ1) is 21.3. The highest BCUT2D eigenvalue weighted by Gasteiger charge is 2.44. The number of carbonyl (C=O) groups excluding carboxylic acids is 1. The Hall–Kier alpha value is -1.76. The molecule has 0 heterocycles. The van der Waals surface area contributed by atoms with E-state index in [-0.39, 0.29) is 5.56 Å². The number of ether oxygens (including phenoxy) is 1. The molecule has 0 saturated carbocycles. The molecule has 0 fully saturated rings. The fraction of sp³-hybridized carbons (Fsp3) is 0.611. The first-order valence-corrected chi connectivity index (χ1v) is 8.11. The molecule has 0 aliphatic carbocycles. The summed E-state index contributed by atoms with van der Waals surface area (Å²) in [5.41, 5.74) is -1.75. The number of aliphatic hydroxyl groups excluding tert-OH is 1. The molecule has 1 amide bonds. The number of alkyl halides is 2. The predicted octanol–water partition coefficient (Wildman–Crippen LogP) is 4.52. The molecule has 2 N–H and O–H groups in total. The summed E-state index contributed by atoms with van der Waals surface area (Å²) in [6.45, 7) is 9.33. The van der Waals surface area contributed by atoms with E-state index in [2.05, 4.69) is 5.32 Å². The number of halogens is 3. The molecular formula is C18H26F3NO3. The van der Waals surface area contributed by atoms with Crippen LogP contribution in [0.15, 0.2) is 18.2 Å². The Balaban J connectivity index is 3.10. The zero-order chi connectivity index (χ0) is 19.6. The van der Waals surface area contributed by atoms with Gasteiger partial charge in [-0.3, -0.25) is 0 Å². The summed E-state index contributed by atoms with van der Waals surface area (Å²) in [4.78, 5) is 11.8. The van der Waals surface area contributed by atoms with E-state index in [1.165, 1.54) is 32.9 Å². The van der Waals surface area contributed by atoms with Gasteiger partial charge in [-0.15, -0.1) is 0 Å². The summed E-state index contributed by atoms with van der Waals surface area (Å²) in [5.74, 6) is -5.66. The van der Waals surface area contributed by atoms with Crippen molar-refractivity contribution in [2.45, 2.75) is 65.2 Å². The van der Waals surface area contributed by atoms with Gasteiger partial charge in [0.2, 0.25) is 0 Å². The molecule has 0 radical (unpaired) electrons. The Labute approximate surface area is 146 Å². The second kappa shape index (κ2) is 7.64. The molecule has 0 aliphatic heterocycles. The number of aliphatic hydroxyl groups is 1. The van der Waals surface area contributed by atoms with Crippen LogP contribution in [-0.4, -0.2) is 22.9 Å². The average molecular weight is 361 g/mol. The summed E-state index contributed by atoms with van der Waals surface area (Å²) < 4.78 is 48.5. The Morgan fingerprint density at radius 2 is 1.76 bits per heavy atom. The van der Waals surface area contributed by atoms with E-state index >= 15 is 0 Å². The molecular weight excluding hydrogens is 335 g/mol. The van der Waals surface area contributed by atoms with E-state index in [0.717, 1.165) is 6.07 Å². The number of rotatable bonds is 5. The molecule has 0 aliphatic rings. The molecule has 1 rings (SSSR count). The molecule has 142 valence electrons. The second-order valence-electron chi connectivity index (χ2n) is 7.39. The van der Waals surface area contributed by atoms with Crippen molar-refractivity contribution in [2.24, 2.45) is 5.92 Å². The maximum atomic E-state index is 14.6. The van der Waals surface area contributed by atoms with E-state index in [9.17, 15) is 23.1 Å². The highest BCUT2D eigenvalue weighted by molar-refractivity contribution is 5.68. The summed E-state index contributed by atoms with van der Waals surface area (Å²) in [6, 6.07) is 2.62. The Kier molecular flexibility index (Phi) is 6.50. The lowest BCUT2D eigenvalue weighted by Gasteiger charge is -2.27. The van der Waals surface area contributed by atoms with Gasteiger partial charge in [0.1, 0.15) is 17.5 Å². The van der Waals surface area contributed by atoms with E-state index in [1.807, 2.05) is 0 Å². The van der Waals surface area contributed by atoms with E-state index in [0.29, 0.717) is 0 Å². The topological polar surface area (TPSA) is 58.6 Å². The van der Waals surface area contributed by atoms with Crippen LogP contribution in [0.1, 0.15) is 58.7 Å². The lowest BCUT2D eigenvalue weighted by atomic mass is 9.92. The number of nitrogens with one attached hydrogen (secondary N) is 1. The standard InChI is InChI=1S/C18H26F3NO3/c1-10(2)15(23)18(20,21)13-9-7-8-12(14(13)19)11(3)22-16(24)25-17(4,5)6/h7-11,15,23H,1-6H3,(H,22,24)/t11-,15?/m1/s1. The summed E-state index contributed by atoms with van der Waals surface area (Å²) in [5, 5.41) is 12.1. The third kappa shape index (κ3) is 5.36. The average Bonchev–Trinajstić information content (AvgIpc) is 2.43. The Bertz CT molecular complexity index is 612. The molecule has 7 heteroatoms. The van der Waals surface area contributed by atoms with Crippen LogP contribution in [0, 0.1) is 11.7 Å². The van der Waals surface area contributed by atoms with Crippen LogP contribution >= 0.6 is 0 Å². The molecule has 0 spiro atoms. The number of carbonyl (C=O) groups is 1. The molecule has 25 heavy (non-hydrogen) atoms. The smallest absolute Gasteiger partial charge is 0.408 e. The number of alkyl carbamates (subject to hydrolysis) is 1. The molecule has 0 saturated heterocycles. The van der Waals surface area contributed by atoms with Gasteiger partial charge in [0.05, 0.1) is 11.6 Å². The highest BCUT2D eigenvalue weighted by atomic mass is 19.3. The number of hydrogen-bond acceptors (Lipinski definition) is 3. The number of benzene rings is 1. The van der Waals surface area contributed by atoms with Gasteiger partial charge in [-0.05, 0) is 39.7 Å². The van der Waals surface area contributed by atoms with Gasteiger partial charge < -0.3 is 15.2 Å². The van der Waals surface area contributed by atoms with Gasteiger partial charge >= 0.3 is 12.0 Å². The van der Waals surface area contributed by atoms with Gasteiger partial charge in [-0.1, -0.05) is 26.0 Å². The highest BCUT2D eigenvalue weighted by Crippen LogP contribution is 2.38. The number of hydrogen-bond donors (Lipinski definition) is 2. The molecule has 2 atom stereocenters. The molecule has 1 aromatic carbocycles. The predicted molar refractivity (Wildman–Crippen MR) is 88.9 cm³/mol.